The van der Waals surface area contributed by atoms with Gasteiger partial charge in [-0.3, -0.25) is 4.79 Å². The summed E-state index contributed by atoms with van der Waals surface area (Å²) in [4.78, 5) is 11.7. The van der Waals surface area contributed by atoms with Gasteiger partial charge in [0.15, 0.2) is 5.78 Å². The molecule has 0 N–H and O–H groups in total. The predicted molar refractivity (Wildman–Crippen MR) is 55.1 cm³/mol. The number of hydrogen-bond acceptors (Lipinski definition) is 2. The molecule has 74 valence electrons. The summed E-state index contributed by atoms with van der Waals surface area (Å²) in [6.07, 6.45) is 1.13. The number of para-hydroxylation sites is 1. The van der Waals surface area contributed by atoms with Gasteiger partial charge in [-0.1, -0.05) is 12.1 Å². The van der Waals surface area contributed by atoms with E-state index >= 15 is 0 Å². The zero-order chi connectivity index (χ0) is 9.97. The molecule has 1 aliphatic rings. The van der Waals surface area contributed by atoms with Crippen LogP contribution in [0.1, 0.15) is 23.2 Å². The van der Waals surface area contributed by atoms with Crippen LogP contribution in [0.4, 0.5) is 0 Å². The van der Waals surface area contributed by atoms with Gasteiger partial charge in [0.1, 0.15) is 5.75 Å². The second-order valence-corrected chi connectivity index (χ2v) is 3.98. The Morgan fingerprint density at radius 1 is 1.36 bits per heavy atom. The van der Waals surface area contributed by atoms with Gasteiger partial charge in [-0.05, 0) is 18.6 Å². The van der Waals surface area contributed by atoms with Gasteiger partial charge < -0.3 is 4.74 Å². The van der Waals surface area contributed by atoms with Crippen LogP contribution in [0.25, 0.3) is 0 Å². The molecule has 0 fully saturated rings. The topological polar surface area (TPSA) is 26.3 Å². The van der Waals surface area contributed by atoms with Crippen molar-refractivity contribution in [2.24, 2.45) is 0 Å². The summed E-state index contributed by atoms with van der Waals surface area (Å²) >= 11 is 5.95. The minimum Gasteiger partial charge on any atom is -0.493 e. The number of fused-ring (bicyclic) bond motifs is 1. The van der Waals surface area contributed by atoms with E-state index in [1.807, 2.05) is 18.2 Å². The fourth-order valence-corrected chi connectivity index (χ4v) is 1.76. The summed E-state index contributed by atoms with van der Waals surface area (Å²) in [6.45, 7) is 0.582. The van der Waals surface area contributed by atoms with Crippen molar-refractivity contribution in [3.63, 3.8) is 0 Å². The molecule has 2 rings (SSSR count). The van der Waals surface area contributed by atoms with Crippen molar-refractivity contribution < 1.29 is 9.53 Å². The van der Waals surface area contributed by atoms with E-state index in [9.17, 15) is 4.79 Å². The lowest BCUT2D eigenvalue weighted by atomic mass is 10.0. The van der Waals surface area contributed by atoms with Gasteiger partial charge in [0.2, 0.25) is 0 Å². The van der Waals surface area contributed by atoms with Crippen molar-refractivity contribution in [2.45, 2.75) is 18.2 Å². The van der Waals surface area contributed by atoms with Crippen LogP contribution in [0.15, 0.2) is 24.3 Å². The highest BCUT2D eigenvalue weighted by Crippen LogP contribution is 2.24. The lowest BCUT2D eigenvalue weighted by Gasteiger charge is -2.16. The molecule has 0 bridgehead atoms. The molecule has 0 aromatic heterocycles. The molecule has 3 heteroatoms. The molecule has 1 unspecified atom stereocenters. The van der Waals surface area contributed by atoms with Gasteiger partial charge in [-0.2, -0.15) is 0 Å². The van der Waals surface area contributed by atoms with Crippen LogP contribution >= 0.6 is 11.6 Å². The highest BCUT2D eigenvalue weighted by Gasteiger charge is 2.19. The standard InChI is InChI=1S/C11H11ClO2/c12-8-5-6-14-11-4-2-1-3-9(11)10(13)7-8/h1-4,8H,5-7H2. The van der Waals surface area contributed by atoms with E-state index in [0.29, 0.717) is 24.3 Å². The predicted octanol–water partition coefficient (Wildman–Crippen LogP) is 2.65. The molecule has 1 aromatic rings. The number of benzene rings is 1. The molecular weight excluding hydrogens is 200 g/mol. The summed E-state index contributed by atoms with van der Waals surface area (Å²) in [7, 11) is 0. The monoisotopic (exact) mass is 210 g/mol. The molecule has 1 heterocycles. The molecule has 0 saturated heterocycles. The van der Waals surface area contributed by atoms with Crippen molar-refractivity contribution in [3.05, 3.63) is 29.8 Å². The number of hydrogen-bond donors (Lipinski definition) is 0. The number of carbonyl (C=O) groups excluding carboxylic acids is 1. The second kappa shape index (κ2) is 4.01. The first-order chi connectivity index (χ1) is 6.77. The molecule has 0 spiro atoms. The highest BCUT2D eigenvalue weighted by molar-refractivity contribution is 6.22. The first kappa shape index (κ1) is 9.53. The van der Waals surface area contributed by atoms with Crippen LogP contribution in [0.3, 0.4) is 0 Å². The Kier molecular flexibility index (Phi) is 2.73. The van der Waals surface area contributed by atoms with Crippen molar-refractivity contribution >= 4 is 17.4 Å². The van der Waals surface area contributed by atoms with Crippen molar-refractivity contribution in [1.82, 2.24) is 0 Å². The van der Waals surface area contributed by atoms with Crippen molar-refractivity contribution in [1.29, 1.82) is 0 Å². The maximum absolute atomic E-state index is 11.7. The smallest absolute Gasteiger partial charge is 0.168 e. The summed E-state index contributed by atoms with van der Waals surface area (Å²) in [5.74, 6) is 0.751. The third kappa shape index (κ3) is 1.90. The van der Waals surface area contributed by atoms with Gasteiger partial charge in [-0.25, -0.2) is 0 Å². The molecule has 2 nitrogen and oxygen atoms in total. The third-order valence-corrected chi connectivity index (χ3v) is 2.66. The molecular formula is C11H11ClO2. The minimum atomic E-state index is -0.101. The largest absolute Gasteiger partial charge is 0.493 e. The molecule has 14 heavy (non-hydrogen) atoms. The first-order valence-electron chi connectivity index (χ1n) is 4.66. The third-order valence-electron chi connectivity index (χ3n) is 2.28. The van der Waals surface area contributed by atoms with E-state index in [1.54, 1.807) is 6.07 Å². The lowest BCUT2D eigenvalue weighted by molar-refractivity contribution is 0.0968. The Hall–Kier alpha value is -1.02. The van der Waals surface area contributed by atoms with E-state index in [2.05, 4.69) is 0 Å². The summed E-state index contributed by atoms with van der Waals surface area (Å²) in [5, 5.41) is -0.101. The van der Waals surface area contributed by atoms with Gasteiger partial charge in [0, 0.05) is 11.8 Å². The Morgan fingerprint density at radius 2 is 2.14 bits per heavy atom. The van der Waals surface area contributed by atoms with Crippen LogP contribution < -0.4 is 4.74 Å². The van der Waals surface area contributed by atoms with Gasteiger partial charge >= 0.3 is 0 Å². The zero-order valence-corrected chi connectivity index (χ0v) is 8.46. The van der Waals surface area contributed by atoms with E-state index in [1.165, 1.54) is 0 Å². The molecule has 0 radical (unpaired) electrons. The van der Waals surface area contributed by atoms with Crippen LogP contribution in [0, 0.1) is 0 Å². The Labute approximate surface area is 87.8 Å². The zero-order valence-electron chi connectivity index (χ0n) is 7.70. The number of halogens is 1. The van der Waals surface area contributed by atoms with E-state index in [4.69, 9.17) is 16.3 Å². The van der Waals surface area contributed by atoms with Crippen LogP contribution in [0.5, 0.6) is 5.75 Å². The highest BCUT2D eigenvalue weighted by atomic mass is 35.5. The fourth-order valence-electron chi connectivity index (χ4n) is 1.53. The number of rotatable bonds is 0. The second-order valence-electron chi connectivity index (χ2n) is 3.36. The number of alkyl halides is 1. The van der Waals surface area contributed by atoms with E-state index < -0.39 is 0 Å². The Bertz CT molecular complexity index is 349. The van der Waals surface area contributed by atoms with Crippen LogP contribution in [-0.4, -0.2) is 17.8 Å². The average Bonchev–Trinajstić information content (AvgIpc) is 2.16. The first-order valence-corrected chi connectivity index (χ1v) is 5.10. The summed E-state index contributed by atoms with van der Waals surface area (Å²) < 4.78 is 5.46. The summed E-state index contributed by atoms with van der Waals surface area (Å²) in [5.41, 5.74) is 0.651. The molecule has 1 aliphatic heterocycles. The van der Waals surface area contributed by atoms with Gasteiger partial charge in [0.25, 0.3) is 0 Å². The molecule has 1 atom stereocenters. The number of Topliss-reactive ketones (excluding diaryl/α,β-unsaturated/α-hetero) is 1. The fraction of sp³-hybridized carbons (Fsp3) is 0.364. The molecule has 0 amide bonds. The Morgan fingerprint density at radius 3 is 3.00 bits per heavy atom. The quantitative estimate of drug-likeness (QED) is 0.616. The summed E-state index contributed by atoms with van der Waals surface area (Å²) in [6, 6.07) is 7.31. The van der Waals surface area contributed by atoms with Gasteiger partial charge in [0.05, 0.1) is 12.2 Å². The maximum Gasteiger partial charge on any atom is 0.168 e. The maximum atomic E-state index is 11.7. The molecule has 1 aromatic carbocycles. The molecule has 0 saturated carbocycles. The SMILES string of the molecule is O=C1CC(Cl)CCOc2ccccc21. The Balaban J connectivity index is 2.34. The van der Waals surface area contributed by atoms with Crippen molar-refractivity contribution in [3.8, 4) is 5.75 Å². The normalized spacial score (nSPS) is 21.8. The van der Waals surface area contributed by atoms with E-state index in [0.717, 1.165) is 6.42 Å². The number of ether oxygens (including phenoxy) is 1. The van der Waals surface area contributed by atoms with Crippen LogP contribution in [0.2, 0.25) is 0 Å². The van der Waals surface area contributed by atoms with Crippen molar-refractivity contribution in [2.75, 3.05) is 6.61 Å². The van der Waals surface area contributed by atoms with Crippen LogP contribution in [-0.2, 0) is 0 Å². The number of carbonyl (C=O) groups is 1. The molecule has 0 aliphatic carbocycles. The van der Waals surface area contributed by atoms with Gasteiger partial charge in [-0.15, -0.1) is 11.6 Å². The van der Waals surface area contributed by atoms with E-state index in [-0.39, 0.29) is 11.2 Å². The lowest BCUT2D eigenvalue weighted by Crippen LogP contribution is -2.17. The number of ketones is 1. The minimum absolute atomic E-state index is 0.0697. The average molecular weight is 211 g/mol.